The van der Waals surface area contributed by atoms with Gasteiger partial charge in [0.15, 0.2) is 0 Å². The van der Waals surface area contributed by atoms with Gasteiger partial charge in [-0.3, -0.25) is 0 Å². The molecule has 0 radical (unpaired) electrons. The Labute approximate surface area is 97.7 Å². The fourth-order valence-corrected chi connectivity index (χ4v) is 3.06. The van der Waals surface area contributed by atoms with E-state index < -0.39 is 10.0 Å². The second kappa shape index (κ2) is 4.55. The van der Waals surface area contributed by atoms with Crippen molar-refractivity contribution in [2.45, 2.75) is 39.0 Å². The van der Waals surface area contributed by atoms with Crippen molar-refractivity contribution in [3.05, 3.63) is 28.8 Å². The minimum Gasteiger partial charge on any atom is -0.225 e. The smallest absolute Gasteiger partial charge is 0.225 e. The molecule has 2 N–H and O–H groups in total. The summed E-state index contributed by atoms with van der Waals surface area (Å²) in [6.07, 6.45) is 0.730. The minimum atomic E-state index is -3.63. The Morgan fingerprint density at radius 2 is 1.81 bits per heavy atom. The highest BCUT2D eigenvalue weighted by Crippen LogP contribution is 2.23. The second-order valence-electron chi connectivity index (χ2n) is 4.71. The number of rotatable bonds is 3. The lowest BCUT2D eigenvalue weighted by molar-refractivity contribution is 0.591. The second-order valence-corrected chi connectivity index (χ2v) is 6.21. The van der Waals surface area contributed by atoms with Crippen LogP contribution in [0.4, 0.5) is 0 Å². The molecular weight excluding hydrogens is 222 g/mol. The number of primary sulfonamides is 1. The summed E-state index contributed by atoms with van der Waals surface area (Å²) in [6, 6.07) is 3.76. The molecule has 16 heavy (non-hydrogen) atoms. The van der Waals surface area contributed by atoms with Crippen molar-refractivity contribution in [1.82, 2.24) is 0 Å². The van der Waals surface area contributed by atoms with Crippen molar-refractivity contribution in [3.63, 3.8) is 0 Å². The Morgan fingerprint density at radius 1 is 1.25 bits per heavy atom. The highest BCUT2D eigenvalue weighted by Gasteiger charge is 2.17. The van der Waals surface area contributed by atoms with Crippen LogP contribution in [-0.4, -0.2) is 8.42 Å². The predicted octanol–water partition coefficient (Wildman–Crippen LogP) is 2.15. The molecule has 0 aliphatic carbocycles. The molecule has 90 valence electrons. The van der Waals surface area contributed by atoms with Crippen LogP contribution in [0.1, 0.15) is 30.5 Å². The minimum absolute atomic E-state index is 0.298. The van der Waals surface area contributed by atoms with Gasteiger partial charge in [0, 0.05) is 0 Å². The van der Waals surface area contributed by atoms with Crippen LogP contribution >= 0.6 is 0 Å². The number of hydrogen-bond acceptors (Lipinski definition) is 2. The maximum absolute atomic E-state index is 11.5. The van der Waals surface area contributed by atoms with Crippen LogP contribution in [0.3, 0.4) is 0 Å². The van der Waals surface area contributed by atoms with E-state index in [1.165, 1.54) is 0 Å². The van der Waals surface area contributed by atoms with Gasteiger partial charge >= 0.3 is 0 Å². The molecule has 0 saturated heterocycles. The summed E-state index contributed by atoms with van der Waals surface area (Å²) in [4.78, 5) is 0.298. The van der Waals surface area contributed by atoms with Crippen LogP contribution in [0, 0.1) is 19.8 Å². The van der Waals surface area contributed by atoms with E-state index in [-0.39, 0.29) is 0 Å². The molecule has 3 nitrogen and oxygen atoms in total. The summed E-state index contributed by atoms with van der Waals surface area (Å²) < 4.78 is 23.1. The van der Waals surface area contributed by atoms with Crippen molar-refractivity contribution in [1.29, 1.82) is 0 Å². The van der Waals surface area contributed by atoms with Crippen molar-refractivity contribution in [2.75, 3.05) is 0 Å². The lowest BCUT2D eigenvalue weighted by Crippen LogP contribution is -2.17. The summed E-state index contributed by atoms with van der Waals surface area (Å²) in [6.45, 7) is 7.87. The average Bonchev–Trinajstić information content (AvgIpc) is 1.96. The topological polar surface area (TPSA) is 60.2 Å². The largest absolute Gasteiger partial charge is 0.238 e. The Hall–Kier alpha value is -0.870. The highest BCUT2D eigenvalue weighted by atomic mass is 32.2. The van der Waals surface area contributed by atoms with Gasteiger partial charge in [-0.05, 0) is 37.3 Å². The van der Waals surface area contributed by atoms with Gasteiger partial charge in [-0.15, -0.1) is 0 Å². The molecule has 0 amide bonds. The van der Waals surface area contributed by atoms with Crippen LogP contribution in [0.2, 0.25) is 0 Å². The van der Waals surface area contributed by atoms with Gasteiger partial charge in [-0.25, -0.2) is 13.6 Å². The monoisotopic (exact) mass is 241 g/mol. The third-order valence-electron chi connectivity index (χ3n) is 2.41. The van der Waals surface area contributed by atoms with Gasteiger partial charge in [-0.2, -0.15) is 0 Å². The summed E-state index contributed by atoms with van der Waals surface area (Å²) in [5.41, 5.74) is 2.63. The Bertz CT molecular complexity index is 490. The lowest BCUT2D eigenvalue weighted by Gasteiger charge is -2.13. The van der Waals surface area contributed by atoms with Crippen molar-refractivity contribution in [3.8, 4) is 0 Å². The van der Waals surface area contributed by atoms with Crippen molar-refractivity contribution < 1.29 is 8.42 Å². The molecule has 0 aliphatic rings. The van der Waals surface area contributed by atoms with Crippen LogP contribution in [-0.2, 0) is 16.4 Å². The van der Waals surface area contributed by atoms with Crippen LogP contribution in [0.25, 0.3) is 0 Å². The van der Waals surface area contributed by atoms with E-state index in [2.05, 4.69) is 13.8 Å². The lowest BCUT2D eigenvalue weighted by atomic mass is 9.99. The molecule has 0 heterocycles. The molecule has 0 aliphatic heterocycles. The van der Waals surface area contributed by atoms with E-state index >= 15 is 0 Å². The van der Waals surface area contributed by atoms with Gasteiger partial charge in [-0.1, -0.05) is 31.5 Å². The highest BCUT2D eigenvalue weighted by molar-refractivity contribution is 7.89. The summed E-state index contributed by atoms with van der Waals surface area (Å²) >= 11 is 0. The molecule has 0 spiro atoms. The van der Waals surface area contributed by atoms with Gasteiger partial charge in [0.1, 0.15) is 0 Å². The fourth-order valence-electron chi connectivity index (χ4n) is 2.04. The summed E-state index contributed by atoms with van der Waals surface area (Å²) in [7, 11) is -3.63. The van der Waals surface area contributed by atoms with E-state index in [1.807, 2.05) is 19.1 Å². The van der Waals surface area contributed by atoms with Crippen molar-refractivity contribution >= 4 is 10.0 Å². The number of nitrogens with two attached hydrogens (primary N) is 1. The molecular formula is C12H19NO2S. The molecule has 0 aromatic heterocycles. The van der Waals surface area contributed by atoms with Crippen molar-refractivity contribution in [2.24, 2.45) is 11.1 Å². The van der Waals surface area contributed by atoms with Gasteiger partial charge in [0.25, 0.3) is 0 Å². The van der Waals surface area contributed by atoms with Gasteiger partial charge in [0.05, 0.1) is 4.90 Å². The van der Waals surface area contributed by atoms with Crippen LogP contribution in [0.5, 0.6) is 0 Å². The Morgan fingerprint density at radius 3 is 2.25 bits per heavy atom. The zero-order chi connectivity index (χ0) is 12.5. The molecule has 1 aromatic rings. The predicted molar refractivity (Wildman–Crippen MR) is 65.8 cm³/mol. The Kier molecular flexibility index (Phi) is 3.76. The first-order valence-electron chi connectivity index (χ1n) is 5.34. The first-order valence-corrected chi connectivity index (χ1v) is 6.89. The summed E-state index contributed by atoms with van der Waals surface area (Å²) in [5.74, 6) is 0.404. The quantitative estimate of drug-likeness (QED) is 0.881. The number of sulfonamides is 1. The first-order chi connectivity index (χ1) is 7.21. The number of aryl methyl sites for hydroxylation is 2. The van der Waals surface area contributed by atoms with E-state index in [0.717, 1.165) is 23.1 Å². The third kappa shape index (κ3) is 3.06. The number of hydrogen-bond donors (Lipinski definition) is 1. The molecule has 1 aromatic carbocycles. The first kappa shape index (κ1) is 13.2. The third-order valence-corrected chi connectivity index (χ3v) is 3.56. The fraction of sp³-hybridized carbons (Fsp3) is 0.500. The molecule has 4 heteroatoms. The Balaban J connectivity index is 3.45. The van der Waals surface area contributed by atoms with E-state index in [4.69, 9.17) is 5.14 Å². The SMILES string of the molecule is Cc1cc(C)c(S(N)(=O)=O)c(CC(C)C)c1. The zero-order valence-corrected chi connectivity index (χ0v) is 11.1. The molecule has 1 rings (SSSR count). The van der Waals surface area contributed by atoms with Gasteiger partial charge in [0.2, 0.25) is 10.0 Å². The molecule has 0 atom stereocenters. The molecule has 0 bridgehead atoms. The number of benzene rings is 1. The van der Waals surface area contributed by atoms with E-state index in [1.54, 1.807) is 6.92 Å². The molecule has 0 fully saturated rings. The maximum Gasteiger partial charge on any atom is 0.238 e. The maximum atomic E-state index is 11.5. The molecule has 0 saturated carbocycles. The average molecular weight is 241 g/mol. The standard InChI is InChI=1S/C12H19NO2S/c1-8(2)5-11-7-9(3)6-10(4)12(11)16(13,14)15/h6-8H,5H2,1-4H3,(H2,13,14,15). The van der Waals surface area contributed by atoms with Gasteiger partial charge < -0.3 is 0 Å². The van der Waals surface area contributed by atoms with Crippen LogP contribution in [0.15, 0.2) is 17.0 Å². The summed E-state index contributed by atoms with van der Waals surface area (Å²) in [5, 5.41) is 5.26. The van der Waals surface area contributed by atoms with Crippen LogP contribution < -0.4 is 5.14 Å². The molecule has 0 unspecified atom stereocenters. The van der Waals surface area contributed by atoms with E-state index in [9.17, 15) is 8.42 Å². The van der Waals surface area contributed by atoms with E-state index in [0.29, 0.717) is 10.8 Å². The zero-order valence-electron chi connectivity index (χ0n) is 10.2. The normalized spacial score (nSPS) is 12.1.